The SMILES string of the molecule is O=C(Cc1cccc(Cl)c1)NCCCc1ccc(F)cc1. The van der Waals surface area contributed by atoms with E-state index in [4.69, 9.17) is 11.6 Å². The number of carbonyl (C=O) groups excluding carboxylic acids is 1. The van der Waals surface area contributed by atoms with E-state index in [-0.39, 0.29) is 11.7 Å². The third kappa shape index (κ3) is 5.56. The number of carbonyl (C=O) groups is 1. The third-order valence-corrected chi connectivity index (χ3v) is 3.37. The first kappa shape index (κ1) is 15.5. The Bertz CT molecular complexity index is 598. The van der Waals surface area contributed by atoms with E-state index in [1.165, 1.54) is 12.1 Å². The smallest absolute Gasteiger partial charge is 0.224 e. The molecule has 0 saturated carbocycles. The van der Waals surface area contributed by atoms with Crippen LogP contribution in [0.3, 0.4) is 0 Å². The monoisotopic (exact) mass is 305 g/mol. The van der Waals surface area contributed by atoms with Gasteiger partial charge in [-0.3, -0.25) is 4.79 Å². The molecule has 0 atom stereocenters. The van der Waals surface area contributed by atoms with E-state index >= 15 is 0 Å². The molecule has 2 rings (SSSR count). The Hall–Kier alpha value is -1.87. The fraction of sp³-hybridized carbons (Fsp3) is 0.235. The molecule has 2 nitrogen and oxygen atoms in total. The maximum absolute atomic E-state index is 12.7. The highest BCUT2D eigenvalue weighted by Gasteiger charge is 2.03. The fourth-order valence-electron chi connectivity index (χ4n) is 2.07. The van der Waals surface area contributed by atoms with Gasteiger partial charge in [-0.1, -0.05) is 35.9 Å². The van der Waals surface area contributed by atoms with Gasteiger partial charge in [0.25, 0.3) is 0 Å². The Labute approximate surface area is 128 Å². The van der Waals surface area contributed by atoms with Crippen molar-refractivity contribution in [2.45, 2.75) is 19.3 Å². The molecule has 1 N–H and O–H groups in total. The predicted octanol–water partition coefficient (Wildman–Crippen LogP) is 3.77. The number of halogens is 2. The zero-order chi connectivity index (χ0) is 15.1. The minimum atomic E-state index is -0.228. The van der Waals surface area contributed by atoms with Crippen LogP contribution < -0.4 is 5.32 Å². The van der Waals surface area contributed by atoms with E-state index in [0.717, 1.165) is 24.0 Å². The third-order valence-electron chi connectivity index (χ3n) is 3.13. The van der Waals surface area contributed by atoms with Crippen LogP contribution in [0.2, 0.25) is 5.02 Å². The van der Waals surface area contributed by atoms with Gasteiger partial charge in [-0.25, -0.2) is 4.39 Å². The summed E-state index contributed by atoms with van der Waals surface area (Å²) in [6.45, 7) is 0.608. The summed E-state index contributed by atoms with van der Waals surface area (Å²) in [6, 6.07) is 13.7. The molecular formula is C17H17ClFNO. The Morgan fingerprint density at radius 2 is 1.86 bits per heavy atom. The largest absolute Gasteiger partial charge is 0.356 e. The summed E-state index contributed by atoms with van der Waals surface area (Å²) in [6.07, 6.45) is 1.97. The molecule has 110 valence electrons. The van der Waals surface area contributed by atoms with Crippen LogP contribution in [-0.4, -0.2) is 12.5 Å². The van der Waals surface area contributed by atoms with Gasteiger partial charge in [-0.15, -0.1) is 0 Å². The lowest BCUT2D eigenvalue weighted by Crippen LogP contribution is -2.26. The molecular weight excluding hydrogens is 289 g/mol. The Morgan fingerprint density at radius 1 is 1.10 bits per heavy atom. The van der Waals surface area contributed by atoms with E-state index in [9.17, 15) is 9.18 Å². The lowest BCUT2D eigenvalue weighted by molar-refractivity contribution is -0.120. The van der Waals surface area contributed by atoms with Gasteiger partial charge in [-0.05, 0) is 48.2 Å². The van der Waals surface area contributed by atoms with Gasteiger partial charge in [0.15, 0.2) is 0 Å². The topological polar surface area (TPSA) is 29.1 Å². The second kappa shape index (κ2) is 7.79. The van der Waals surface area contributed by atoms with Crippen LogP contribution in [0.5, 0.6) is 0 Å². The molecule has 0 fully saturated rings. The van der Waals surface area contributed by atoms with Gasteiger partial charge < -0.3 is 5.32 Å². The molecule has 0 radical (unpaired) electrons. The summed E-state index contributed by atoms with van der Waals surface area (Å²) in [5.41, 5.74) is 1.97. The molecule has 0 bridgehead atoms. The van der Waals surface area contributed by atoms with E-state index in [1.54, 1.807) is 24.3 Å². The number of rotatable bonds is 6. The highest BCUT2D eigenvalue weighted by atomic mass is 35.5. The number of hydrogen-bond acceptors (Lipinski definition) is 1. The zero-order valence-corrected chi connectivity index (χ0v) is 12.4. The molecule has 21 heavy (non-hydrogen) atoms. The van der Waals surface area contributed by atoms with Crippen molar-refractivity contribution in [3.05, 3.63) is 70.5 Å². The molecule has 1 amide bonds. The van der Waals surface area contributed by atoms with Crippen LogP contribution in [0.15, 0.2) is 48.5 Å². The predicted molar refractivity (Wildman–Crippen MR) is 82.9 cm³/mol. The van der Waals surface area contributed by atoms with Crippen LogP contribution in [0.4, 0.5) is 4.39 Å². The van der Waals surface area contributed by atoms with Crippen LogP contribution >= 0.6 is 11.6 Å². The average Bonchev–Trinajstić information content (AvgIpc) is 2.45. The molecule has 4 heteroatoms. The van der Waals surface area contributed by atoms with Crippen molar-refractivity contribution in [2.75, 3.05) is 6.54 Å². The van der Waals surface area contributed by atoms with Gasteiger partial charge in [0.05, 0.1) is 6.42 Å². The quantitative estimate of drug-likeness (QED) is 0.809. The summed E-state index contributed by atoms with van der Waals surface area (Å²) in [4.78, 5) is 11.8. The molecule has 0 aliphatic heterocycles. The van der Waals surface area contributed by atoms with E-state index in [1.807, 2.05) is 12.1 Å². The Morgan fingerprint density at radius 3 is 2.57 bits per heavy atom. The van der Waals surface area contributed by atoms with Gasteiger partial charge in [0, 0.05) is 11.6 Å². The number of nitrogens with one attached hydrogen (secondary N) is 1. The average molecular weight is 306 g/mol. The minimum Gasteiger partial charge on any atom is -0.356 e. The van der Waals surface area contributed by atoms with Gasteiger partial charge in [0.2, 0.25) is 5.91 Å². The van der Waals surface area contributed by atoms with Crippen molar-refractivity contribution in [1.82, 2.24) is 5.32 Å². The number of aryl methyl sites for hydroxylation is 1. The maximum atomic E-state index is 12.7. The molecule has 0 aliphatic carbocycles. The van der Waals surface area contributed by atoms with E-state index in [0.29, 0.717) is 18.0 Å². The lowest BCUT2D eigenvalue weighted by Gasteiger charge is -2.06. The summed E-state index contributed by atoms with van der Waals surface area (Å²) < 4.78 is 12.7. The summed E-state index contributed by atoms with van der Waals surface area (Å²) in [5.74, 6) is -0.245. The number of hydrogen-bond donors (Lipinski definition) is 1. The van der Waals surface area contributed by atoms with Crippen molar-refractivity contribution in [2.24, 2.45) is 0 Å². The van der Waals surface area contributed by atoms with Crippen molar-refractivity contribution < 1.29 is 9.18 Å². The summed E-state index contributed by atoms with van der Waals surface area (Å²) in [7, 11) is 0. The standard InChI is InChI=1S/C17H17ClFNO/c18-15-5-1-3-14(11-15)12-17(21)20-10-2-4-13-6-8-16(19)9-7-13/h1,3,5-9,11H,2,4,10,12H2,(H,20,21). The highest BCUT2D eigenvalue weighted by Crippen LogP contribution is 2.11. The van der Waals surface area contributed by atoms with Crippen LogP contribution in [0.25, 0.3) is 0 Å². The van der Waals surface area contributed by atoms with Gasteiger partial charge in [0.1, 0.15) is 5.82 Å². The highest BCUT2D eigenvalue weighted by molar-refractivity contribution is 6.30. The van der Waals surface area contributed by atoms with Crippen molar-refractivity contribution in [1.29, 1.82) is 0 Å². The first-order valence-corrected chi connectivity index (χ1v) is 7.27. The van der Waals surface area contributed by atoms with Crippen LogP contribution in [0, 0.1) is 5.82 Å². The molecule has 0 aromatic heterocycles. The minimum absolute atomic E-state index is 0.0172. The fourth-order valence-corrected chi connectivity index (χ4v) is 2.28. The molecule has 0 spiro atoms. The number of benzene rings is 2. The second-order valence-electron chi connectivity index (χ2n) is 4.89. The second-order valence-corrected chi connectivity index (χ2v) is 5.32. The number of amides is 1. The molecule has 0 aliphatic rings. The molecule has 0 heterocycles. The van der Waals surface area contributed by atoms with E-state index in [2.05, 4.69) is 5.32 Å². The van der Waals surface area contributed by atoms with Gasteiger partial charge in [-0.2, -0.15) is 0 Å². The first-order valence-electron chi connectivity index (χ1n) is 6.89. The lowest BCUT2D eigenvalue weighted by atomic mass is 10.1. The van der Waals surface area contributed by atoms with Crippen molar-refractivity contribution in [3.63, 3.8) is 0 Å². The zero-order valence-electron chi connectivity index (χ0n) is 11.6. The normalized spacial score (nSPS) is 10.4. The maximum Gasteiger partial charge on any atom is 0.224 e. The molecule has 0 unspecified atom stereocenters. The summed E-state index contributed by atoms with van der Waals surface area (Å²) in [5, 5.41) is 3.51. The Kier molecular flexibility index (Phi) is 5.76. The Balaban J connectivity index is 1.68. The first-order chi connectivity index (χ1) is 10.1. The van der Waals surface area contributed by atoms with Crippen molar-refractivity contribution in [3.8, 4) is 0 Å². The molecule has 2 aromatic rings. The van der Waals surface area contributed by atoms with Crippen molar-refractivity contribution >= 4 is 17.5 Å². The molecule has 2 aromatic carbocycles. The summed E-state index contributed by atoms with van der Waals surface area (Å²) >= 11 is 5.88. The van der Waals surface area contributed by atoms with E-state index < -0.39 is 0 Å². The molecule has 0 saturated heterocycles. The van der Waals surface area contributed by atoms with Crippen LogP contribution in [-0.2, 0) is 17.6 Å². The van der Waals surface area contributed by atoms with Gasteiger partial charge >= 0.3 is 0 Å². The van der Waals surface area contributed by atoms with Crippen LogP contribution in [0.1, 0.15) is 17.5 Å².